The van der Waals surface area contributed by atoms with Gasteiger partial charge in [-0.1, -0.05) is 18.2 Å². The Labute approximate surface area is 118 Å². The zero-order valence-corrected chi connectivity index (χ0v) is 12.0. The van der Waals surface area contributed by atoms with E-state index < -0.39 is 0 Å². The van der Waals surface area contributed by atoms with E-state index in [2.05, 4.69) is 40.7 Å². The van der Waals surface area contributed by atoms with Crippen LogP contribution in [0.4, 0.5) is 5.69 Å². The summed E-state index contributed by atoms with van der Waals surface area (Å²) in [5.74, 6) is 0. The fourth-order valence-electron chi connectivity index (χ4n) is 2.52. The Morgan fingerprint density at radius 3 is 3.16 bits per heavy atom. The standard InChI is InChI=1S/C15H19N3S/c1-11-8-18-14(19-11)10-16-9-13-5-2-4-12-6-3-7-17-15(12)13/h2,4-5,8,16-17H,3,6-7,9-10H2,1H3. The van der Waals surface area contributed by atoms with Crippen LogP contribution >= 0.6 is 11.3 Å². The van der Waals surface area contributed by atoms with Gasteiger partial charge in [0, 0.05) is 36.4 Å². The average molecular weight is 273 g/mol. The Hall–Kier alpha value is -1.39. The maximum Gasteiger partial charge on any atom is 0.107 e. The van der Waals surface area contributed by atoms with Gasteiger partial charge in [0.2, 0.25) is 0 Å². The lowest BCUT2D eigenvalue weighted by atomic mass is 9.99. The molecule has 0 saturated heterocycles. The number of fused-ring (bicyclic) bond motifs is 1. The van der Waals surface area contributed by atoms with Crippen molar-refractivity contribution in [3.8, 4) is 0 Å². The summed E-state index contributed by atoms with van der Waals surface area (Å²) in [5.41, 5.74) is 4.16. The molecule has 0 fully saturated rings. The van der Waals surface area contributed by atoms with Crippen molar-refractivity contribution in [1.29, 1.82) is 0 Å². The highest BCUT2D eigenvalue weighted by Crippen LogP contribution is 2.25. The number of nitrogens with one attached hydrogen (secondary N) is 2. The summed E-state index contributed by atoms with van der Waals surface area (Å²) < 4.78 is 0. The summed E-state index contributed by atoms with van der Waals surface area (Å²) >= 11 is 1.76. The number of anilines is 1. The molecule has 2 heterocycles. The Kier molecular flexibility index (Phi) is 3.80. The summed E-state index contributed by atoms with van der Waals surface area (Å²) in [5, 5.41) is 8.18. The van der Waals surface area contributed by atoms with Gasteiger partial charge in [-0.2, -0.15) is 0 Å². The van der Waals surface area contributed by atoms with E-state index in [1.807, 2.05) is 6.20 Å². The fourth-order valence-corrected chi connectivity index (χ4v) is 3.27. The van der Waals surface area contributed by atoms with E-state index in [1.54, 1.807) is 11.3 Å². The lowest BCUT2D eigenvalue weighted by Crippen LogP contribution is -2.18. The molecule has 0 saturated carbocycles. The molecule has 1 aliphatic heterocycles. The Balaban J connectivity index is 1.64. The first-order valence-corrected chi connectivity index (χ1v) is 7.61. The van der Waals surface area contributed by atoms with E-state index in [4.69, 9.17) is 0 Å². The van der Waals surface area contributed by atoms with E-state index in [0.29, 0.717) is 0 Å². The van der Waals surface area contributed by atoms with E-state index >= 15 is 0 Å². The molecule has 0 amide bonds. The first-order chi connectivity index (χ1) is 9.33. The number of rotatable bonds is 4. The molecular formula is C15H19N3S. The third-order valence-electron chi connectivity index (χ3n) is 3.42. The van der Waals surface area contributed by atoms with Crippen molar-refractivity contribution in [2.45, 2.75) is 32.9 Å². The van der Waals surface area contributed by atoms with Crippen LogP contribution in [0.25, 0.3) is 0 Å². The van der Waals surface area contributed by atoms with Crippen LogP contribution < -0.4 is 10.6 Å². The SMILES string of the molecule is Cc1cnc(CNCc2cccc3c2NCCC3)s1. The number of hydrogen-bond acceptors (Lipinski definition) is 4. The first kappa shape index (κ1) is 12.6. The molecule has 0 spiro atoms. The van der Waals surface area contributed by atoms with Crippen molar-refractivity contribution >= 4 is 17.0 Å². The van der Waals surface area contributed by atoms with Gasteiger partial charge >= 0.3 is 0 Å². The van der Waals surface area contributed by atoms with Gasteiger partial charge in [0.25, 0.3) is 0 Å². The zero-order valence-electron chi connectivity index (χ0n) is 11.2. The molecule has 100 valence electrons. The van der Waals surface area contributed by atoms with Crippen molar-refractivity contribution in [2.75, 3.05) is 11.9 Å². The predicted octanol–water partition coefficient (Wildman–Crippen LogP) is 3.10. The van der Waals surface area contributed by atoms with Crippen LogP contribution in [0.15, 0.2) is 24.4 Å². The molecule has 3 rings (SSSR count). The van der Waals surface area contributed by atoms with Gasteiger partial charge < -0.3 is 10.6 Å². The smallest absolute Gasteiger partial charge is 0.107 e. The summed E-state index contributed by atoms with van der Waals surface area (Å²) in [6.07, 6.45) is 4.37. The molecule has 0 atom stereocenters. The van der Waals surface area contributed by atoms with Crippen LogP contribution in [0.5, 0.6) is 0 Å². The largest absolute Gasteiger partial charge is 0.385 e. The number of thiazole rings is 1. The molecule has 0 radical (unpaired) electrons. The van der Waals surface area contributed by atoms with Gasteiger partial charge in [-0.25, -0.2) is 4.98 Å². The van der Waals surface area contributed by atoms with Crippen molar-refractivity contribution < 1.29 is 0 Å². The number of nitrogens with zero attached hydrogens (tertiary/aromatic N) is 1. The van der Waals surface area contributed by atoms with Gasteiger partial charge in [-0.15, -0.1) is 11.3 Å². The van der Waals surface area contributed by atoms with Crippen LogP contribution in [-0.4, -0.2) is 11.5 Å². The second kappa shape index (κ2) is 5.72. The molecule has 1 aromatic carbocycles. The van der Waals surface area contributed by atoms with Gasteiger partial charge in [0.05, 0.1) is 0 Å². The number of para-hydroxylation sites is 1. The van der Waals surface area contributed by atoms with Crippen molar-refractivity contribution in [3.05, 3.63) is 45.4 Å². The summed E-state index contributed by atoms with van der Waals surface area (Å²) in [4.78, 5) is 5.65. The van der Waals surface area contributed by atoms with Crippen molar-refractivity contribution in [2.24, 2.45) is 0 Å². The molecule has 0 unspecified atom stereocenters. The lowest BCUT2D eigenvalue weighted by molar-refractivity contribution is 0.687. The molecule has 3 nitrogen and oxygen atoms in total. The highest BCUT2D eigenvalue weighted by Gasteiger charge is 2.11. The highest BCUT2D eigenvalue weighted by atomic mass is 32.1. The summed E-state index contributed by atoms with van der Waals surface area (Å²) in [6, 6.07) is 6.60. The van der Waals surface area contributed by atoms with Gasteiger partial charge in [0.1, 0.15) is 5.01 Å². The Bertz CT molecular complexity index is 562. The molecule has 0 aliphatic carbocycles. The third kappa shape index (κ3) is 2.96. The van der Waals surface area contributed by atoms with Crippen molar-refractivity contribution in [1.82, 2.24) is 10.3 Å². The third-order valence-corrected chi connectivity index (χ3v) is 4.34. The van der Waals surface area contributed by atoms with E-state index in [9.17, 15) is 0 Å². The molecule has 0 bridgehead atoms. The zero-order chi connectivity index (χ0) is 13.1. The fraction of sp³-hybridized carbons (Fsp3) is 0.400. The van der Waals surface area contributed by atoms with Gasteiger partial charge in [-0.3, -0.25) is 0 Å². The minimum absolute atomic E-state index is 0.849. The summed E-state index contributed by atoms with van der Waals surface area (Å²) in [7, 11) is 0. The van der Waals surface area contributed by atoms with Crippen molar-refractivity contribution in [3.63, 3.8) is 0 Å². The van der Waals surface area contributed by atoms with E-state index in [-0.39, 0.29) is 0 Å². The second-order valence-corrected chi connectivity index (χ2v) is 6.27. The first-order valence-electron chi connectivity index (χ1n) is 6.79. The predicted molar refractivity (Wildman–Crippen MR) is 80.6 cm³/mol. The minimum Gasteiger partial charge on any atom is -0.385 e. The number of aromatic nitrogens is 1. The van der Waals surface area contributed by atoms with E-state index in [1.165, 1.54) is 34.5 Å². The molecule has 1 aromatic heterocycles. The summed E-state index contributed by atoms with van der Waals surface area (Å²) in [6.45, 7) is 4.94. The normalized spacial score (nSPS) is 13.9. The molecule has 2 aromatic rings. The average Bonchev–Trinajstić information content (AvgIpc) is 2.85. The maximum atomic E-state index is 4.37. The second-order valence-electron chi connectivity index (χ2n) is 4.95. The maximum absolute atomic E-state index is 4.37. The Morgan fingerprint density at radius 2 is 2.32 bits per heavy atom. The van der Waals surface area contributed by atoms with Crippen LogP contribution in [0.1, 0.15) is 27.4 Å². The van der Waals surface area contributed by atoms with Crippen LogP contribution in [-0.2, 0) is 19.5 Å². The van der Waals surface area contributed by atoms with Crippen LogP contribution in [0, 0.1) is 6.92 Å². The van der Waals surface area contributed by atoms with E-state index in [0.717, 1.165) is 24.6 Å². The van der Waals surface area contributed by atoms with Crippen LogP contribution in [0.2, 0.25) is 0 Å². The van der Waals surface area contributed by atoms with Crippen LogP contribution in [0.3, 0.4) is 0 Å². The molecule has 1 aliphatic rings. The topological polar surface area (TPSA) is 37.0 Å². The number of benzene rings is 1. The highest BCUT2D eigenvalue weighted by molar-refractivity contribution is 7.11. The monoisotopic (exact) mass is 273 g/mol. The molecule has 2 N–H and O–H groups in total. The number of hydrogen-bond donors (Lipinski definition) is 2. The molecule has 4 heteroatoms. The minimum atomic E-state index is 0.849. The Morgan fingerprint density at radius 1 is 1.37 bits per heavy atom. The molecular weight excluding hydrogens is 254 g/mol. The van der Waals surface area contributed by atoms with Gasteiger partial charge in [0.15, 0.2) is 0 Å². The number of aryl methyl sites for hydroxylation is 2. The molecule has 19 heavy (non-hydrogen) atoms. The lowest BCUT2D eigenvalue weighted by Gasteiger charge is -2.21. The quantitative estimate of drug-likeness (QED) is 0.899. The van der Waals surface area contributed by atoms with Gasteiger partial charge in [-0.05, 0) is 30.9 Å².